The van der Waals surface area contributed by atoms with Crippen LogP contribution in [0.3, 0.4) is 0 Å². The van der Waals surface area contributed by atoms with Gasteiger partial charge in [0.05, 0.1) is 9.82 Å². The van der Waals surface area contributed by atoms with Gasteiger partial charge in [-0.25, -0.2) is 13.1 Å². The van der Waals surface area contributed by atoms with Gasteiger partial charge >= 0.3 is 0 Å². The number of hydrogen-bond acceptors (Lipinski definition) is 4. The number of nitrogens with one attached hydrogen (secondary N) is 1. The second-order valence-electron chi connectivity index (χ2n) is 4.52. The van der Waals surface area contributed by atoms with E-state index in [4.69, 9.17) is 11.6 Å². The van der Waals surface area contributed by atoms with Gasteiger partial charge in [-0.05, 0) is 30.9 Å². The van der Waals surface area contributed by atoms with Crippen LogP contribution in [0.25, 0.3) is 0 Å². The van der Waals surface area contributed by atoms with Gasteiger partial charge in [-0.1, -0.05) is 18.0 Å². The fourth-order valence-corrected chi connectivity index (χ4v) is 3.13. The maximum absolute atomic E-state index is 12.0. The third-order valence-corrected chi connectivity index (χ3v) is 4.95. The molecule has 0 unspecified atom stereocenters. The van der Waals surface area contributed by atoms with Crippen molar-refractivity contribution in [3.05, 3.63) is 33.3 Å². The first-order valence-electron chi connectivity index (χ1n) is 5.84. The Hall–Kier alpha value is -1.18. The quantitative estimate of drug-likeness (QED) is 0.668. The van der Waals surface area contributed by atoms with Crippen LogP contribution in [0.1, 0.15) is 19.3 Å². The molecule has 1 aliphatic carbocycles. The highest BCUT2D eigenvalue weighted by Gasteiger charge is 2.23. The number of sulfonamides is 1. The first kappa shape index (κ1) is 14.2. The number of rotatable bonds is 5. The lowest BCUT2D eigenvalue weighted by molar-refractivity contribution is -0.384. The number of nitro groups is 1. The third-order valence-electron chi connectivity index (χ3n) is 3.21. The summed E-state index contributed by atoms with van der Waals surface area (Å²) in [6.07, 6.45) is 3.16. The van der Waals surface area contributed by atoms with E-state index in [-0.39, 0.29) is 9.92 Å². The van der Waals surface area contributed by atoms with Crippen molar-refractivity contribution >= 4 is 27.3 Å². The van der Waals surface area contributed by atoms with Gasteiger partial charge in [-0.2, -0.15) is 0 Å². The number of halogens is 1. The van der Waals surface area contributed by atoms with Gasteiger partial charge in [0.15, 0.2) is 0 Å². The zero-order valence-corrected chi connectivity index (χ0v) is 11.6. The Balaban J connectivity index is 2.19. The van der Waals surface area contributed by atoms with Gasteiger partial charge in [0.1, 0.15) is 5.02 Å². The lowest BCUT2D eigenvalue weighted by Crippen LogP contribution is -2.32. The lowest BCUT2D eigenvalue weighted by atomic mass is 9.86. The molecule has 2 rings (SSSR count). The number of benzene rings is 1. The van der Waals surface area contributed by atoms with E-state index in [2.05, 4.69) is 4.72 Å². The van der Waals surface area contributed by atoms with Crippen LogP contribution >= 0.6 is 11.6 Å². The summed E-state index contributed by atoms with van der Waals surface area (Å²) in [5, 5.41) is 10.6. The Morgan fingerprint density at radius 2 is 2.11 bits per heavy atom. The van der Waals surface area contributed by atoms with Crippen molar-refractivity contribution in [2.75, 3.05) is 6.54 Å². The summed E-state index contributed by atoms with van der Waals surface area (Å²) < 4.78 is 26.4. The molecule has 0 aliphatic heterocycles. The predicted molar refractivity (Wildman–Crippen MR) is 70.6 cm³/mol. The fraction of sp³-hybridized carbons (Fsp3) is 0.455. The molecule has 0 atom stereocenters. The van der Waals surface area contributed by atoms with Gasteiger partial charge in [0.25, 0.3) is 5.69 Å². The van der Waals surface area contributed by atoms with E-state index >= 15 is 0 Å². The Morgan fingerprint density at radius 3 is 2.63 bits per heavy atom. The largest absolute Gasteiger partial charge is 0.289 e. The molecule has 1 aliphatic rings. The predicted octanol–water partition coefficient (Wildman–Crippen LogP) is 2.33. The Morgan fingerprint density at radius 1 is 1.42 bits per heavy atom. The summed E-state index contributed by atoms with van der Waals surface area (Å²) in [6.45, 7) is 0.374. The summed E-state index contributed by atoms with van der Waals surface area (Å²) in [7, 11) is -3.72. The first-order valence-corrected chi connectivity index (χ1v) is 7.70. The molecule has 0 radical (unpaired) electrons. The van der Waals surface area contributed by atoms with Gasteiger partial charge in [0, 0.05) is 12.6 Å². The van der Waals surface area contributed by atoms with Crippen LogP contribution in [-0.4, -0.2) is 19.9 Å². The van der Waals surface area contributed by atoms with Gasteiger partial charge in [0.2, 0.25) is 10.0 Å². The van der Waals surface area contributed by atoms with Gasteiger partial charge < -0.3 is 0 Å². The molecule has 1 aromatic carbocycles. The molecule has 1 aromatic rings. The second-order valence-corrected chi connectivity index (χ2v) is 6.69. The first-order chi connectivity index (χ1) is 8.90. The molecule has 0 spiro atoms. The highest BCUT2D eigenvalue weighted by molar-refractivity contribution is 7.89. The number of nitrogens with zero attached hydrogens (tertiary/aromatic N) is 1. The molecule has 0 amide bonds. The zero-order chi connectivity index (χ0) is 14.0. The molecule has 0 bridgehead atoms. The summed E-state index contributed by atoms with van der Waals surface area (Å²) >= 11 is 5.64. The van der Waals surface area contributed by atoms with Crippen molar-refractivity contribution in [3.63, 3.8) is 0 Å². The average Bonchev–Trinajstić information content (AvgIpc) is 2.26. The molecule has 0 heterocycles. The molecule has 0 saturated heterocycles. The van der Waals surface area contributed by atoms with E-state index in [1.165, 1.54) is 12.1 Å². The van der Waals surface area contributed by atoms with Crippen LogP contribution < -0.4 is 4.72 Å². The maximum Gasteiger partial charge on any atom is 0.289 e. The Kier molecular flexibility index (Phi) is 4.07. The smallest absolute Gasteiger partial charge is 0.258 e. The third kappa shape index (κ3) is 3.23. The molecule has 104 valence electrons. The molecule has 1 fully saturated rings. The van der Waals surface area contributed by atoms with Crippen molar-refractivity contribution in [1.29, 1.82) is 0 Å². The molecule has 1 N–H and O–H groups in total. The topological polar surface area (TPSA) is 89.3 Å². The fourth-order valence-electron chi connectivity index (χ4n) is 1.81. The zero-order valence-electron chi connectivity index (χ0n) is 10.0. The van der Waals surface area contributed by atoms with Crippen LogP contribution in [0.4, 0.5) is 5.69 Å². The molecule has 6 nitrogen and oxygen atoms in total. The van der Waals surface area contributed by atoms with E-state index in [9.17, 15) is 18.5 Å². The minimum Gasteiger partial charge on any atom is -0.258 e. The molecule has 8 heteroatoms. The van der Waals surface area contributed by atoms with Crippen LogP contribution in [0, 0.1) is 16.0 Å². The van der Waals surface area contributed by atoms with E-state index in [0.717, 1.165) is 25.3 Å². The van der Waals surface area contributed by atoms with E-state index in [1.807, 2.05) is 0 Å². The van der Waals surface area contributed by atoms with E-state index in [0.29, 0.717) is 12.5 Å². The monoisotopic (exact) mass is 304 g/mol. The van der Waals surface area contributed by atoms with Crippen LogP contribution in [-0.2, 0) is 10.0 Å². The molecular formula is C11H13ClN2O4S. The second kappa shape index (κ2) is 5.44. The van der Waals surface area contributed by atoms with E-state index in [1.54, 1.807) is 0 Å². The number of hydrogen-bond donors (Lipinski definition) is 1. The highest BCUT2D eigenvalue weighted by Crippen LogP contribution is 2.28. The summed E-state index contributed by atoms with van der Waals surface area (Å²) in [6, 6.07) is 3.46. The SMILES string of the molecule is O=[N+]([O-])c1cc(S(=O)(=O)NCC2CCC2)ccc1Cl. The van der Waals surface area contributed by atoms with Crippen molar-refractivity contribution in [2.24, 2.45) is 5.92 Å². The van der Waals surface area contributed by atoms with Crippen LogP contribution in [0.5, 0.6) is 0 Å². The van der Waals surface area contributed by atoms with Crippen molar-refractivity contribution in [1.82, 2.24) is 4.72 Å². The standard InChI is InChI=1S/C11H13ClN2O4S/c12-10-5-4-9(6-11(10)14(15)16)19(17,18)13-7-8-2-1-3-8/h4-6,8,13H,1-3,7H2. The summed E-state index contributed by atoms with van der Waals surface area (Å²) in [5.41, 5.74) is -0.409. The molecule has 1 saturated carbocycles. The lowest BCUT2D eigenvalue weighted by Gasteiger charge is -2.25. The van der Waals surface area contributed by atoms with Crippen LogP contribution in [0.2, 0.25) is 5.02 Å². The van der Waals surface area contributed by atoms with Crippen molar-refractivity contribution < 1.29 is 13.3 Å². The number of nitro benzene ring substituents is 1. The molecule has 0 aromatic heterocycles. The summed E-state index contributed by atoms with van der Waals surface area (Å²) in [5.74, 6) is 0.372. The van der Waals surface area contributed by atoms with Crippen molar-refractivity contribution in [2.45, 2.75) is 24.2 Å². The average molecular weight is 305 g/mol. The van der Waals surface area contributed by atoms with Crippen molar-refractivity contribution in [3.8, 4) is 0 Å². The van der Waals surface area contributed by atoms with Gasteiger partial charge in [-0.15, -0.1) is 0 Å². The minimum atomic E-state index is -3.72. The molecular weight excluding hydrogens is 292 g/mol. The van der Waals surface area contributed by atoms with E-state index < -0.39 is 20.6 Å². The minimum absolute atomic E-state index is 0.0806. The Bertz CT molecular complexity index is 599. The van der Waals surface area contributed by atoms with Crippen LogP contribution in [0.15, 0.2) is 23.1 Å². The summed E-state index contributed by atoms with van der Waals surface area (Å²) in [4.78, 5) is 9.89. The molecule has 19 heavy (non-hydrogen) atoms. The maximum atomic E-state index is 12.0. The Labute approximate surface area is 116 Å². The normalized spacial score (nSPS) is 16.1. The highest BCUT2D eigenvalue weighted by atomic mass is 35.5. The van der Waals surface area contributed by atoms with Gasteiger partial charge in [-0.3, -0.25) is 10.1 Å².